The zero-order valence-corrected chi connectivity index (χ0v) is 7.25. The van der Waals surface area contributed by atoms with Gasteiger partial charge < -0.3 is 14.6 Å². The number of aliphatic hydroxyl groups excluding tert-OH is 1. The van der Waals surface area contributed by atoms with E-state index in [0.29, 0.717) is 19.6 Å². The summed E-state index contributed by atoms with van der Waals surface area (Å²) in [7, 11) is 0. The Labute approximate surface area is 72.7 Å². The van der Waals surface area contributed by atoms with Crippen LogP contribution in [0, 0.1) is 12.3 Å². The van der Waals surface area contributed by atoms with Crippen LogP contribution in [0.1, 0.15) is 19.8 Å². The molecule has 68 valence electrons. The van der Waals surface area contributed by atoms with Crippen molar-refractivity contribution in [3.05, 3.63) is 0 Å². The van der Waals surface area contributed by atoms with Gasteiger partial charge in [0.05, 0.1) is 19.3 Å². The van der Waals surface area contributed by atoms with Crippen molar-refractivity contribution >= 4 is 0 Å². The Hall–Kier alpha value is -0.560. The Morgan fingerprint density at radius 2 is 2.17 bits per heavy atom. The van der Waals surface area contributed by atoms with E-state index in [2.05, 4.69) is 5.92 Å². The molecule has 1 saturated heterocycles. The van der Waals surface area contributed by atoms with Gasteiger partial charge in [-0.3, -0.25) is 0 Å². The molecule has 1 atom stereocenters. The van der Waals surface area contributed by atoms with Crippen LogP contribution in [0.4, 0.5) is 0 Å². The van der Waals surface area contributed by atoms with Gasteiger partial charge in [0, 0.05) is 6.42 Å². The van der Waals surface area contributed by atoms with Crippen LogP contribution in [-0.2, 0) is 9.47 Å². The highest BCUT2D eigenvalue weighted by molar-refractivity contribution is 5.04. The lowest BCUT2D eigenvalue weighted by Gasteiger charge is -2.33. The third-order valence-electron chi connectivity index (χ3n) is 1.74. The van der Waals surface area contributed by atoms with Gasteiger partial charge in [0.25, 0.3) is 0 Å². The van der Waals surface area contributed by atoms with Gasteiger partial charge >= 0.3 is 0 Å². The Bertz CT molecular complexity index is 175. The van der Waals surface area contributed by atoms with Crippen LogP contribution in [0.2, 0.25) is 0 Å². The monoisotopic (exact) mass is 170 g/mol. The average molecular weight is 170 g/mol. The summed E-state index contributed by atoms with van der Waals surface area (Å²) in [6.07, 6.45) is 5.98. The number of terminal acetylenes is 1. The zero-order valence-electron chi connectivity index (χ0n) is 7.25. The van der Waals surface area contributed by atoms with Crippen LogP contribution in [0.25, 0.3) is 0 Å². The van der Waals surface area contributed by atoms with Crippen LogP contribution in [0.3, 0.4) is 0 Å². The number of aliphatic hydroxyl groups is 1. The van der Waals surface area contributed by atoms with E-state index in [4.69, 9.17) is 21.0 Å². The molecule has 1 heterocycles. The predicted molar refractivity (Wildman–Crippen MR) is 44.4 cm³/mol. The van der Waals surface area contributed by atoms with E-state index < -0.39 is 11.9 Å². The fraction of sp³-hybridized carbons (Fsp3) is 0.778. The lowest BCUT2D eigenvalue weighted by Crippen LogP contribution is -2.41. The van der Waals surface area contributed by atoms with Crippen molar-refractivity contribution in [2.24, 2.45) is 0 Å². The van der Waals surface area contributed by atoms with Gasteiger partial charge in [0.2, 0.25) is 5.79 Å². The molecule has 1 aliphatic rings. The van der Waals surface area contributed by atoms with E-state index >= 15 is 0 Å². The molecule has 0 spiro atoms. The van der Waals surface area contributed by atoms with E-state index in [0.717, 1.165) is 6.42 Å². The van der Waals surface area contributed by atoms with Crippen LogP contribution in [-0.4, -0.2) is 30.2 Å². The van der Waals surface area contributed by atoms with Crippen LogP contribution in [0.15, 0.2) is 0 Å². The van der Waals surface area contributed by atoms with Crippen LogP contribution in [0.5, 0.6) is 0 Å². The van der Waals surface area contributed by atoms with Crippen molar-refractivity contribution in [2.75, 3.05) is 13.2 Å². The summed E-state index contributed by atoms with van der Waals surface area (Å²) in [5.74, 6) is 1.46. The van der Waals surface area contributed by atoms with Gasteiger partial charge in [-0.25, -0.2) is 0 Å². The van der Waals surface area contributed by atoms with E-state index in [1.54, 1.807) is 6.92 Å². The summed E-state index contributed by atoms with van der Waals surface area (Å²) in [6, 6.07) is 0. The molecule has 0 aromatic heterocycles. The van der Waals surface area contributed by atoms with E-state index in [-0.39, 0.29) is 0 Å². The van der Waals surface area contributed by atoms with Crippen molar-refractivity contribution in [3.63, 3.8) is 0 Å². The molecule has 1 fully saturated rings. The Kier molecular flexibility index (Phi) is 3.10. The zero-order chi connectivity index (χ0) is 9.03. The number of hydrogen-bond donors (Lipinski definition) is 1. The second kappa shape index (κ2) is 3.90. The third-order valence-corrected chi connectivity index (χ3v) is 1.74. The first-order valence-corrected chi connectivity index (χ1v) is 4.12. The molecule has 0 aromatic carbocycles. The topological polar surface area (TPSA) is 38.7 Å². The minimum Gasteiger partial charge on any atom is -0.393 e. The molecule has 3 heteroatoms. The Morgan fingerprint density at radius 3 is 2.58 bits per heavy atom. The highest BCUT2D eigenvalue weighted by atomic mass is 16.7. The molecule has 0 saturated carbocycles. The quantitative estimate of drug-likeness (QED) is 0.614. The van der Waals surface area contributed by atoms with Gasteiger partial charge in [-0.2, -0.15) is 0 Å². The number of ether oxygens (including phenoxy) is 2. The molecule has 0 amide bonds. The minimum atomic E-state index is -0.980. The van der Waals surface area contributed by atoms with Crippen molar-refractivity contribution < 1.29 is 14.6 Å². The van der Waals surface area contributed by atoms with Crippen molar-refractivity contribution in [1.29, 1.82) is 0 Å². The van der Waals surface area contributed by atoms with Gasteiger partial charge in [0.1, 0.15) is 0 Å². The molecule has 0 radical (unpaired) electrons. The number of hydrogen-bond acceptors (Lipinski definition) is 3. The first-order chi connectivity index (χ1) is 5.68. The van der Waals surface area contributed by atoms with E-state index in [1.165, 1.54) is 0 Å². The van der Waals surface area contributed by atoms with Crippen LogP contribution < -0.4 is 0 Å². The van der Waals surface area contributed by atoms with Gasteiger partial charge in [-0.05, 0) is 19.3 Å². The highest BCUT2D eigenvalue weighted by Crippen LogP contribution is 2.23. The minimum absolute atomic E-state index is 0.337. The maximum absolute atomic E-state index is 9.15. The number of rotatable bonds is 2. The summed E-state index contributed by atoms with van der Waals surface area (Å²) in [4.78, 5) is 0. The largest absolute Gasteiger partial charge is 0.393 e. The summed E-state index contributed by atoms with van der Waals surface area (Å²) < 4.78 is 10.6. The first kappa shape index (κ1) is 9.53. The summed E-state index contributed by atoms with van der Waals surface area (Å²) in [5, 5.41) is 9.15. The normalized spacial score (nSPS) is 24.4. The van der Waals surface area contributed by atoms with Crippen molar-refractivity contribution in [3.8, 4) is 12.3 Å². The molecular weight excluding hydrogens is 156 g/mol. The fourth-order valence-corrected chi connectivity index (χ4v) is 1.22. The lowest BCUT2D eigenvalue weighted by molar-refractivity contribution is -0.240. The second-order valence-corrected chi connectivity index (χ2v) is 3.00. The van der Waals surface area contributed by atoms with Crippen LogP contribution >= 0.6 is 0 Å². The maximum atomic E-state index is 9.15. The first-order valence-electron chi connectivity index (χ1n) is 4.12. The molecule has 1 rings (SSSR count). The Morgan fingerprint density at radius 1 is 1.58 bits per heavy atom. The maximum Gasteiger partial charge on any atom is 0.235 e. The summed E-state index contributed by atoms with van der Waals surface area (Å²) in [6.45, 7) is 2.88. The highest BCUT2D eigenvalue weighted by Gasteiger charge is 2.33. The van der Waals surface area contributed by atoms with E-state index in [1.807, 2.05) is 0 Å². The predicted octanol–water partition coefficient (Wildman–Crippen LogP) is 0.524. The summed E-state index contributed by atoms with van der Waals surface area (Å²) in [5.41, 5.74) is 0. The summed E-state index contributed by atoms with van der Waals surface area (Å²) >= 11 is 0. The van der Waals surface area contributed by atoms with Gasteiger partial charge in [0.15, 0.2) is 0 Å². The molecule has 12 heavy (non-hydrogen) atoms. The SMILES string of the molecule is C#CC1(CC(C)O)OCCCO1. The van der Waals surface area contributed by atoms with Crippen molar-refractivity contribution in [2.45, 2.75) is 31.7 Å². The molecule has 3 nitrogen and oxygen atoms in total. The molecule has 1 aliphatic heterocycles. The Balaban J connectivity index is 2.55. The molecule has 1 unspecified atom stereocenters. The molecular formula is C9H14O3. The molecule has 0 aliphatic carbocycles. The standard InChI is InChI=1S/C9H14O3/c1-3-9(7-8(2)10)11-5-4-6-12-9/h1,8,10H,4-7H2,2H3. The lowest BCUT2D eigenvalue weighted by atomic mass is 10.1. The van der Waals surface area contributed by atoms with E-state index in [9.17, 15) is 0 Å². The molecule has 0 aromatic rings. The molecule has 0 bridgehead atoms. The third kappa shape index (κ3) is 2.21. The van der Waals surface area contributed by atoms with Crippen molar-refractivity contribution in [1.82, 2.24) is 0 Å². The van der Waals surface area contributed by atoms with Gasteiger partial charge in [-0.1, -0.05) is 0 Å². The average Bonchev–Trinajstić information content (AvgIpc) is 2.05. The fourth-order valence-electron chi connectivity index (χ4n) is 1.22. The smallest absolute Gasteiger partial charge is 0.235 e. The molecule has 1 N–H and O–H groups in total. The second-order valence-electron chi connectivity index (χ2n) is 3.00. The van der Waals surface area contributed by atoms with Gasteiger partial charge in [-0.15, -0.1) is 6.42 Å².